The molecule has 144 valence electrons. The van der Waals surface area contributed by atoms with E-state index >= 15 is 0 Å². The number of halogens is 1. The molecule has 0 amide bonds. The maximum atomic E-state index is 6.27. The van der Waals surface area contributed by atoms with Gasteiger partial charge in [-0.15, -0.1) is 0 Å². The van der Waals surface area contributed by atoms with E-state index in [2.05, 4.69) is 20.9 Å². The van der Waals surface area contributed by atoms with Gasteiger partial charge in [0.2, 0.25) is 0 Å². The van der Waals surface area contributed by atoms with Gasteiger partial charge in [0, 0.05) is 22.8 Å². The summed E-state index contributed by atoms with van der Waals surface area (Å²) in [6.07, 6.45) is 1.75. The van der Waals surface area contributed by atoms with Crippen LogP contribution in [0, 0.1) is 13.8 Å². The number of hydrogen-bond acceptors (Lipinski definition) is 3. The van der Waals surface area contributed by atoms with Crippen LogP contribution in [0.4, 0.5) is 0 Å². The molecule has 7 heteroatoms. The van der Waals surface area contributed by atoms with E-state index in [1.54, 1.807) is 6.21 Å². The fourth-order valence-electron chi connectivity index (χ4n) is 2.81. The van der Waals surface area contributed by atoms with Crippen molar-refractivity contribution in [3.63, 3.8) is 0 Å². The van der Waals surface area contributed by atoms with Gasteiger partial charge in [0.1, 0.15) is 0 Å². The van der Waals surface area contributed by atoms with Crippen molar-refractivity contribution in [2.75, 3.05) is 0 Å². The lowest BCUT2D eigenvalue weighted by Crippen LogP contribution is -2.31. The molecule has 0 spiro atoms. The van der Waals surface area contributed by atoms with Gasteiger partial charge >= 0.3 is 0 Å². The largest absolute Gasteiger partial charge is 0.357 e. The maximum Gasteiger partial charge on any atom is 0.187 e. The van der Waals surface area contributed by atoms with Crippen molar-refractivity contribution in [2.24, 2.45) is 5.10 Å². The van der Waals surface area contributed by atoms with Crippen LogP contribution in [0.5, 0.6) is 0 Å². The van der Waals surface area contributed by atoms with Gasteiger partial charge in [0.05, 0.1) is 18.5 Å². The van der Waals surface area contributed by atoms with E-state index in [4.69, 9.17) is 23.8 Å². The summed E-state index contributed by atoms with van der Waals surface area (Å²) in [5.74, 6) is 0. The van der Waals surface area contributed by atoms with Gasteiger partial charge in [-0.1, -0.05) is 60.1 Å². The number of thiocarbonyl (C=S) groups is 1. The summed E-state index contributed by atoms with van der Waals surface area (Å²) in [7, 11) is 0. The summed E-state index contributed by atoms with van der Waals surface area (Å²) in [6.45, 7) is 5.24. The van der Waals surface area contributed by atoms with Gasteiger partial charge in [0.25, 0.3) is 0 Å². The van der Waals surface area contributed by atoms with Crippen molar-refractivity contribution in [3.05, 3.63) is 87.7 Å². The maximum absolute atomic E-state index is 6.27. The lowest BCUT2D eigenvalue weighted by molar-refractivity contribution is 0.659. The molecule has 0 aliphatic rings. The molecule has 3 rings (SSSR count). The third-order valence-electron chi connectivity index (χ3n) is 4.37. The van der Waals surface area contributed by atoms with Gasteiger partial charge in [-0.05, 0) is 43.3 Å². The molecule has 0 bridgehead atoms. The average Bonchev–Trinajstić information content (AvgIpc) is 2.96. The molecule has 0 saturated heterocycles. The van der Waals surface area contributed by atoms with Crippen LogP contribution in [0.3, 0.4) is 0 Å². The van der Waals surface area contributed by atoms with Gasteiger partial charge < -0.3 is 5.32 Å². The van der Waals surface area contributed by atoms with E-state index < -0.39 is 0 Å². The van der Waals surface area contributed by atoms with Crippen LogP contribution in [-0.2, 0) is 13.1 Å². The number of nitrogens with one attached hydrogen (secondary N) is 2. The molecule has 1 aromatic heterocycles. The van der Waals surface area contributed by atoms with E-state index in [1.165, 1.54) is 0 Å². The Morgan fingerprint density at radius 2 is 1.86 bits per heavy atom. The molecule has 28 heavy (non-hydrogen) atoms. The third kappa shape index (κ3) is 5.18. The highest BCUT2D eigenvalue weighted by Gasteiger charge is 2.11. The van der Waals surface area contributed by atoms with Crippen LogP contribution in [0.25, 0.3) is 0 Å². The minimum absolute atomic E-state index is 0.471. The second kappa shape index (κ2) is 9.48. The summed E-state index contributed by atoms with van der Waals surface area (Å²) in [4.78, 5) is 0. The summed E-state index contributed by atoms with van der Waals surface area (Å²) in [6, 6.07) is 17.9. The minimum atomic E-state index is 0.471. The summed E-state index contributed by atoms with van der Waals surface area (Å²) >= 11 is 11.5. The summed E-state index contributed by atoms with van der Waals surface area (Å²) in [5, 5.41) is 13.2. The number of benzene rings is 2. The van der Waals surface area contributed by atoms with Crippen molar-refractivity contribution in [1.29, 1.82) is 0 Å². The first-order valence-corrected chi connectivity index (χ1v) is 9.71. The number of nitrogens with zero attached hydrogens (tertiary/aromatic N) is 3. The molecule has 1 heterocycles. The van der Waals surface area contributed by atoms with E-state index in [-0.39, 0.29) is 0 Å². The van der Waals surface area contributed by atoms with Crippen molar-refractivity contribution in [2.45, 2.75) is 26.9 Å². The van der Waals surface area contributed by atoms with E-state index in [9.17, 15) is 0 Å². The fraction of sp³-hybridized carbons (Fsp3) is 0.190. The number of rotatable bonds is 6. The summed E-state index contributed by atoms with van der Waals surface area (Å²) in [5.41, 5.74) is 7.93. The first-order chi connectivity index (χ1) is 13.5. The second-order valence-corrected chi connectivity index (χ2v) is 7.19. The first kappa shape index (κ1) is 20.0. The highest BCUT2D eigenvalue weighted by atomic mass is 35.5. The van der Waals surface area contributed by atoms with E-state index in [0.717, 1.165) is 33.1 Å². The Hall–Kier alpha value is -2.70. The lowest BCUT2D eigenvalue weighted by Gasteiger charge is -2.07. The highest BCUT2D eigenvalue weighted by Crippen LogP contribution is 2.18. The van der Waals surface area contributed by atoms with Crippen molar-refractivity contribution >= 4 is 35.1 Å². The molecule has 0 saturated carbocycles. The first-order valence-electron chi connectivity index (χ1n) is 8.93. The van der Waals surface area contributed by atoms with Gasteiger partial charge in [-0.3, -0.25) is 10.1 Å². The zero-order chi connectivity index (χ0) is 19.9. The Morgan fingerprint density at radius 3 is 2.61 bits per heavy atom. The Bertz CT molecular complexity index is 982. The molecule has 0 radical (unpaired) electrons. The van der Waals surface area contributed by atoms with Gasteiger partial charge in [-0.25, -0.2) is 0 Å². The molecule has 2 aromatic carbocycles. The third-order valence-corrected chi connectivity index (χ3v) is 4.98. The molecule has 0 atom stereocenters. The van der Waals surface area contributed by atoms with Gasteiger partial charge in [-0.2, -0.15) is 10.2 Å². The van der Waals surface area contributed by atoms with Crippen LogP contribution < -0.4 is 10.7 Å². The predicted octanol–water partition coefficient (Wildman–Crippen LogP) is 4.20. The van der Waals surface area contributed by atoms with Gasteiger partial charge in [0.15, 0.2) is 5.11 Å². The van der Waals surface area contributed by atoms with E-state index in [0.29, 0.717) is 18.2 Å². The number of aromatic nitrogens is 2. The summed E-state index contributed by atoms with van der Waals surface area (Å²) < 4.78 is 1.93. The molecule has 0 aliphatic heterocycles. The normalized spacial score (nSPS) is 11.0. The topological polar surface area (TPSA) is 54.2 Å². The van der Waals surface area contributed by atoms with Crippen molar-refractivity contribution in [3.8, 4) is 0 Å². The highest BCUT2D eigenvalue weighted by molar-refractivity contribution is 7.80. The zero-order valence-electron chi connectivity index (χ0n) is 15.8. The molecule has 0 unspecified atom stereocenters. The minimum Gasteiger partial charge on any atom is -0.357 e. The second-order valence-electron chi connectivity index (χ2n) is 6.37. The van der Waals surface area contributed by atoms with Crippen LogP contribution in [0.2, 0.25) is 5.02 Å². The molecule has 2 N–H and O–H groups in total. The number of hydrogen-bond donors (Lipinski definition) is 2. The molecule has 3 aromatic rings. The van der Waals surface area contributed by atoms with Crippen LogP contribution >= 0.6 is 23.8 Å². The number of aryl methyl sites for hydroxylation is 1. The fourth-order valence-corrected chi connectivity index (χ4v) is 3.13. The van der Waals surface area contributed by atoms with E-state index in [1.807, 2.05) is 73.1 Å². The van der Waals surface area contributed by atoms with Crippen LogP contribution in [-0.4, -0.2) is 21.1 Å². The quantitative estimate of drug-likeness (QED) is 0.362. The SMILES string of the molecule is Cc1nn(Cc2ccccc2Cl)c(C)c1C=NNC(=S)NCc1ccccc1. The Morgan fingerprint density at radius 1 is 1.14 bits per heavy atom. The molecule has 0 aliphatic carbocycles. The molecular formula is C21H22ClN5S. The van der Waals surface area contributed by atoms with Crippen LogP contribution in [0.1, 0.15) is 28.1 Å². The standard InChI is InChI=1S/C21H22ClN5S/c1-15-19(13-24-25-21(28)23-12-17-8-4-3-5-9-17)16(2)27(26-15)14-18-10-6-7-11-20(18)22/h3-11,13H,12,14H2,1-2H3,(H2,23,25,28). The number of hydrazone groups is 1. The Kier molecular flexibility index (Phi) is 6.79. The molecule has 5 nitrogen and oxygen atoms in total. The Balaban J connectivity index is 1.60. The lowest BCUT2D eigenvalue weighted by atomic mass is 10.2. The predicted molar refractivity (Wildman–Crippen MR) is 119 cm³/mol. The van der Waals surface area contributed by atoms with Crippen LogP contribution in [0.15, 0.2) is 59.7 Å². The molecular weight excluding hydrogens is 390 g/mol. The Labute approximate surface area is 175 Å². The zero-order valence-corrected chi connectivity index (χ0v) is 17.4. The molecule has 0 fully saturated rings. The average molecular weight is 412 g/mol. The van der Waals surface area contributed by atoms with Crippen molar-refractivity contribution < 1.29 is 0 Å². The monoisotopic (exact) mass is 411 g/mol. The smallest absolute Gasteiger partial charge is 0.187 e. The van der Waals surface area contributed by atoms with Crippen molar-refractivity contribution in [1.82, 2.24) is 20.5 Å².